The molecule has 2 rings (SSSR count). The highest BCUT2D eigenvalue weighted by Crippen LogP contribution is 2.22. The Morgan fingerprint density at radius 3 is 2.76 bits per heavy atom. The van der Waals surface area contributed by atoms with Crippen LogP contribution in [-0.4, -0.2) is 12.5 Å². The Hall–Kier alpha value is -2.27. The Morgan fingerprint density at radius 1 is 1.33 bits per heavy atom. The van der Waals surface area contributed by atoms with E-state index in [-0.39, 0.29) is 10.9 Å². The molecule has 110 valence electrons. The van der Waals surface area contributed by atoms with Crippen molar-refractivity contribution < 1.29 is 13.9 Å². The summed E-state index contributed by atoms with van der Waals surface area (Å²) < 4.78 is 18.4. The van der Waals surface area contributed by atoms with Crippen molar-refractivity contribution in [3.05, 3.63) is 52.8 Å². The zero-order valence-electron chi connectivity index (χ0n) is 11.3. The number of nitrogens with two attached hydrogens (primary N) is 1. The van der Waals surface area contributed by atoms with Crippen LogP contribution in [0, 0.1) is 5.82 Å². The van der Waals surface area contributed by atoms with Crippen LogP contribution >= 0.6 is 11.6 Å². The fourth-order valence-electron chi connectivity index (χ4n) is 1.78. The molecule has 0 aromatic heterocycles. The SMILES string of the molecule is CCOc1cc(N)cc(C(=O)Nc2ccc(F)c(Cl)c2)c1. The second kappa shape index (κ2) is 6.45. The van der Waals surface area contributed by atoms with Crippen LogP contribution in [0.25, 0.3) is 0 Å². The lowest BCUT2D eigenvalue weighted by Gasteiger charge is -2.09. The van der Waals surface area contributed by atoms with Gasteiger partial charge in [-0.3, -0.25) is 4.79 Å². The van der Waals surface area contributed by atoms with Gasteiger partial charge in [-0.1, -0.05) is 11.6 Å². The van der Waals surface area contributed by atoms with Gasteiger partial charge in [0.25, 0.3) is 5.91 Å². The minimum atomic E-state index is -0.544. The Bertz CT molecular complexity index is 677. The third kappa shape index (κ3) is 3.86. The van der Waals surface area contributed by atoms with E-state index in [2.05, 4.69) is 5.32 Å². The Morgan fingerprint density at radius 2 is 2.10 bits per heavy atom. The van der Waals surface area contributed by atoms with Gasteiger partial charge in [0.15, 0.2) is 0 Å². The normalized spacial score (nSPS) is 10.2. The minimum absolute atomic E-state index is 0.0598. The molecule has 0 saturated heterocycles. The maximum atomic E-state index is 13.1. The van der Waals surface area contributed by atoms with Crippen LogP contribution in [0.5, 0.6) is 5.75 Å². The molecule has 0 aliphatic rings. The molecule has 0 bridgehead atoms. The number of hydrogen-bond acceptors (Lipinski definition) is 3. The van der Waals surface area contributed by atoms with E-state index >= 15 is 0 Å². The monoisotopic (exact) mass is 308 g/mol. The molecule has 2 aromatic carbocycles. The predicted octanol–water partition coefficient (Wildman–Crippen LogP) is 3.71. The zero-order valence-corrected chi connectivity index (χ0v) is 12.1. The number of rotatable bonds is 4. The molecule has 0 heterocycles. The number of benzene rings is 2. The fraction of sp³-hybridized carbons (Fsp3) is 0.133. The number of carbonyl (C=O) groups is 1. The summed E-state index contributed by atoms with van der Waals surface area (Å²) in [7, 11) is 0. The van der Waals surface area contributed by atoms with Crippen molar-refractivity contribution in [1.29, 1.82) is 0 Å². The van der Waals surface area contributed by atoms with Crippen LogP contribution in [0.1, 0.15) is 17.3 Å². The molecule has 0 fully saturated rings. The second-order valence-electron chi connectivity index (χ2n) is 4.31. The Balaban J connectivity index is 2.21. The highest BCUT2D eigenvalue weighted by molar-refractivity contribution is 6.31. The number of nitrogen functional groups attached to an aromatic ring is 1. The molecular formula is C15H14ClFN2O2. The summed E-state index contributed by atoms with van der Waals surface area (Å²) in [5, 5.41) is 2.56. The second-order valence-corrected chi connectivity index (χ2v) is 4.71. The van der Waals surface area contributed by atoms with Gasteiger partial charge in [0, 0.05) is 23.0 Å². The van der Waals surface area contributed by atoms with Crippen LogP contribution < -0.4 is 15.8 Å². The standard InChI is InChI=1S/C15H14ClFN2O2/c1-2-21-12-6-9(5-10(18)7-12)15(20)19-11-3-4-14(17)13(16)8-11/h3-8H,2,18H2,1H3,(H,19,20). The zero-order chi connectivity index (χ0) is 15.4. The first-order valence-electron chi connectivity index (χ1n) is 6.29. The van der Waals surface area contributed by atoms with E-state index in [0.717, 1.165) is 0 Å². The molecule has 4 nitrogen and oxygen atoms in total. The van der Waals surface area contributed by atoms with Crippen LogP contribution in [0.15, 0.2) is 36.4 Å². The molecule has 0 radical (unpaired) electrons. The van der Waals surface area contributed by atoms with E-state index in [1.54, 1.807) is 12.1 Å². The van der Waals surface area contributed by atoms with Gasteiger partial charge >= 0.3 is 0 Å². The van der Waals surface area contributed by atoms with Crippen molar-refractivity contribution in [2.24, 2.45) is 0 Å². The lowest BCUT2D eigenvalue weighted by molar-refractivity contribution is 0.102. The minimum Gasteiger partial charge on any atom is -0.494 e. The van der Waals surface area contributed by atoms with E-state index in [4.69, 9.17) is 22.1 Å². The van der Waals surface area contributed by atoms with Crippen molar-refractivity contribution in [1.82, 2.24) is 0 Å². The number of nitrogens with one attached hydrogen (secondary N) is 1. The lowest BCUT2D eigenvalue weighted by Crippen LogP contribution is -2.12. The first-order valence-corrected chi connectivity index (χ1v) is 6.67. The third-order valence-corrected chi connectivity index (χ3v) is 2.97. The van der Waals surface area contributed by atoms with Crippen LogP contribution in [-0.2, 0) is 0 Å². The molecule has 2 aromatic rings. The van der Waals surface area contributed by atoms with Gasteiger partial charge in [-0.05, 0) is 37.3 Å². The summed E-state index contributed by atoms with van der Waals surface area (Å²) in [5.41, 5.74) is 6.90. The van der Waals surface area contributed by atoms with E-state index in [0.29, 0.717) is 29.3 Å². The summed E-state index contributed by atoms with van der Waals surface area (Å²) in [4.78, 5) is 12.2. The van der Waals surface area contributed by atoms with Crippen molar-refractivity contribution >= 4 is 28.9 Å². The predicted molar refractivity (Wildman–Crippen MR) is 81.4 cm³/mol. The number of hydrogen-bond donors (Lipinski definition) is 2. The molecule has 1 amide bonds. The summed E-state index contributed by atoms with van der Waals surface area (Å²) in [6, 6.07) is 8.70. The molecule has 0 unspecified atom stereocenters. The molecule has 0 atom stereocenters. The average Bonchev–Trinajstić information content (AvgIpc) is 2.42. The average molecular weight is 309 g/mol. The number of carbonyl (C=O) groups excluding carboxylic acids is 1. The first-order chi connectivity index (χ1) is 9.99. The van der Waals surface area contributed by atoms with Crippen molar-refractivity contribution in [3.8, 4) is 5.75 Å². The van der Waals surface area contributed by atoms with Crippen molar-refractivity contribution in [2.45, 2.75) is 6.92 Å². The smallest absolute Gasteiger partial charge is 0.255 e. The van der Waals surface area contributed by atoms with E-state index in [9.17, 15) is 9.18 Å². The highest BCUT2D eigenvalue weighted by atomic mass is 35.5. The quantitative estimate of drug-likeness (QED) is 0.846. The van der Waals surface area contributed by atoms with E-state index in [1.807, 2.05) is 6.92 Å². The molecule has 0 spiro atoms. The summed E-state index contributed by atoms with van der Waals surface area (Å²) in [6.07, 6.45) is 0. The molecule has 0 aliphatic heterocycles. The molecule has 3 N–H and O–H groups in total. The topological polar surface area (TPSA) is 64.3 Å². The number of anilines is 2. The van der Waals surface area contributed by atoms with Crippen molar-refractivity contribution in [3.63, 3.8) is 0 Å². The van der Waals surface area contributed by atoms with Crippen molar-refractivity contribution in [2.75, 3.05) is 17.7 Å². The van der Waals surface area contributed by atoms with Gasteiger partial charge in [-0.25, -0.2) is 4.39 Å². The third-order valence-electron chi connectivity index (χ3n) is 2.68. The number of amides is 1. The largest absolute Gasteiger partial charge is 0.494 e. The fourth-order valence-corrected chi connectivity index (χ4v) is 1.96. The maximum absolute atomic E-state index is 13.1. The molecular weight excluding hydrogens is 295 g/mol. The Kier molecular flexibility index (Phi) is 4.65. The van der Waals surface area contributed by atoms with Gasteiger partial charge in [0.05, 0.1) is 11.6 Å². The van der Waals surface area contributed by atoms with Crippen LogP contribution in [0.4, 0.5) is 15.8 Å². The van der Waals surface area contributed by atoms with Crippen LogP contribution in [0.2, 0.25) is 5.02 Å². The molecule has 0 aliphatic carbocycles. The first kappa shape index (κ1) is 15.1. The molecule has 0 saturated carbocycles. The lowest BCUT2D eigenvalue weighted by atomic mass is 10.1. The molecule has 6 heteroatoms. The molecule has 21 heavy (non-hydrogen) atoms. The van der Waals surface area contributed by atoms with Gasteiger partial charge in [0.1, 0.15) is 11.6 Å². The van der Waals surface area contributed by atoms with E-state index < -0.39 is 5.82 Å². The van der Waals surface area contributed by atoms with Gasteiger partial charge in [-0.2, -0.15) is 0 Å². The highest BCUT2D eigenvalue weighted by Gasteiger charge is 2.10. The van der Waals surface area contributed by atoms with E-state index in [1.165, 1.54) is 24.3 Å². The van der Waals surface area contributed by atoms with Crippen LogP contribution in [0.3, 0.4) is 0 Å². The maximum Gasteiger partial charge on any atom is 0.255 e. The summed E-state index contributed by atoms with van der Waals surface area (Å²) in [6.45, 7) is 2.31. The van der Waals surface area contributed by atoms with Gasteiger partial charge < -0.3 is 15.8 Å². The Labute approximate surface area is 126 Å². The summed E-state index contributed by atoms with van der Waals surface area (Å²) in [5.74, 6) is -0.414. The number of ether oxygens (including phenoxy) is 1. The number of halogens is 2. The van der Waals surface area contributed by atoms with Gasteiger partial charge in [0.2, 0.25) is 0 Å². The van der Waals surface area contributed by atoms with Gasteiger partial charge in [-0.15, -0.1) is 0 Å². The summed E-state index contributed by atoms with van der Waals surface area (Å²) >= 11 is 5.67.